The summed E-state index contributed by atoms with van der Waals surface area (Å²) in [5.41, 5.74) is 2.53. The Morgan fingerprint density at radius 2 is 2.09 bits per heavy atom. The van der Waals surface area contributed by atoms with Crippen LogP contribution in [-0.2, 0) is 11.2 Å². The number of Topliss-reactive ketones (excluding diaryl/α,β-unsaturated/α-hetero) is 1. The number of rotatable bonds is 4. The van der Waals surface area contributed by atoms with Gasteiger partial charge in [0.1, 0.15) is 6.04 Å². The van der Waals surface area contributed by atoms with Crippen LogP contribution in [0.3, 0.4) is 0 Å². The molecule has 23 heavy (non-hydrogen) atoms. The molecule has 0 aliphatic carbocycles. The Morgan fingerprint density at radius 3 is 2.87 bits per heavy atom. The smallest absolute Gasteiger partial charge is 0.279 e. The number of para-hydroxylation sites is 1. The normalized spacial score (nSPS) is 19.9. The van der Waals surface area contributed by atoms with E-state index in [9.17, 15) is 9.59 Å². The second-order valence-electron chi connectivity index (χ2n) is 6.01. The summed E-state index contributed by atoms with van der Waals surface area (Å²) in [6.07, 6.45) is 1.03. The SMILES string of the molecule is CC(=O)c1ccccc1NC(=O)C[NH+]1CCc2sccc2[C@H]1C. The zero-order chi connectivity index (χ0) is 16.4. The summed E-state index contributed by atoms with van der Waals surface area (Å²) in [6, 6.07) is 9.66. The fourth-order valence-electron chi connectivity index (χ4n) is 3.19. The number of anilines is 1. The molecular weight excluding hydrogens is 308 g/mol. The highest BCUT2D eigenvalue weighted by Crippen LogP contribution is 2.24. The molecule has 0 spiro atoms. The number of carbonyl (C=O) groups excluding carboxylic acids is 2. The molecule has 120 valence electrons. The van der Waals surface area contributed by atoms with Gasteiger partial charge in [-0.2, -0.15) is 0 Å². The van der Waals surface area contributed by atoms with Gasteiger partial charge in [-0.05, 0) is 37.4 Å². The van der Waals surface area contributed by atoms with E-state index in [1.54, 1.807) is 23.5 Å². The van der Waals surface area contributed by atoms with Crippen LogP contribution in [0.25, 0.3) is 0 Å². The lowest BCUT2D eigenvalue weighted by Crippen LogP contribution is -3.14. The van der Waals surface area contributed by atoms with Crippen LogP contribution in [0, 0.1) is 0 Å². The van der Waals surface area contributed by atoms with Crippen LogP contribution in [0.4, 0.5) is 5.69 Å². The van der Waals surface area contributed by atoms with Crippen molar-refractivity contribution in [1.29, 1.82) is 0 Å². The highest BCUT2D eigenvalue weighted by molar-refractivity contribution is 7.10. The third-order valence-corrected chi connectivity index (χ3v) is 5.50. The molecule has 1 unspecified atom stereocenters. The van der Waals surface area contributed by atoms with Crippen LogP contribution in [0.2, 0.25) is 0 Å². The Bertz CT molecular complexity index is 738. The molecule has 3 rings (SSSR count). The van der Waals surface area contributed by atoms with Gasteiger partial charge in [0.2, 0.25) is 0 Å². The molecular formula is C18H21N2O2S+. The first-order valence-corrected chi connectivity index (χ1v) is 8.75. The number of hydrogen-bond donors (Lipinski definition) is 2. The van der Waals surface area contributed by atoms with Crippen molar-refractivity contribution in [2.24, 2.45) is 0 Å². The topological polar surface area (TPSA) is 50.6 Å². The van der Waals surface area contributed by atoms with E-state index in [1.165, 1.54) is 22.3 Å². The Balaban J connectivity index is 1.68. The molecule has 2 aromatic rings. The van der Waals surface area contributed by atoms with E-state index < -0.39 is 0 Å². The van der Waals surface area contributed by atoms with E-state index in [1.807, 2.05) is 12.1 Å². The molecule has 5 heteroatoms. The van der Waals surface area contributed by atoms with Gasteiger partial charge >= 0.3 is 0 Å². The largest absolute Gasteiger partial charge is 0.321 e. The van der Waals surface area contributed by atoms with Crippen LogP contribution >= 0.6 is 11.3 Å². The second kappa shape index (κ2) is 6.64. The molecule has 1 aromatic heterocycles. The predicted molar refractivity (Wildman–Crippen MR) is 92.2 cm³/mol. The van der Waals surface area contributed by atoms with E-state index in [2.05, 4.69) is 23.7 Å². The van der Waals surface area contributed by atoms with Crippen LogP contribution in [0.5, 0.6) is 0 Å². The Kier molecular flexibility index (Phi) is 4.59. The van der Waals surface area contributed by atoms with Crippen molar-refractivity contribution in [3.63, 3.8) is 0 Å². The van der Waals surface area contributed by atoms with Crippen LogP contribution in [0.15, 0.2) is 35.7 Å². The highest BCUT2D eigenvalue weighted by Gasteiger charge is 2.29. The molecule has 2 heterocycles. The fourth-order valence-corrected chi connectivity index (χ4v) is 4.17. The molecule has 0 fully saturated rings. The molecule has 1 aliphatic rings. The van der Waals surface area contributed by atoms with E-state index in [4.69, 9.17) is 0 Å². The van der Waals surface area contributed by atoms with Crippen molar-refractivity contribution in [1.82, 2.24) is 0 Å². The van der Waals surface area contributed by atoms with E-state index >= 15 is 0 Å². The Hall–Kier alpha value is -1.98. The highest BCUT2D eigenvalue weighted by atomic mass is 32.1. The minimum absolute atomic E-state index is 0.0393. The standard InChI is InChI=1S/C18H20N2O2S/c1-12-14-8-10-23-17(14)7-9-20(12)11-18(22)19-16-6-4-3-5-15(16)13(2)21/h3-6,8,10,12H,7,9,11H2,1-2H3,(H,19,22)/p+1/t12-/m1/s1. The number of nitrogens with one attached hydrogen (secondary N) is 2. The fraction of sp³-hybridized carbons (Fsp3) is 0.333. The van der Waals surface area contributed by atoms with Crippen LogP contribution < -0.4 is 10.2 Å². The number of amides is 1. The lowest BCUT2D eigenvalue weighted by atomic mass is 10.0. The second-order valence-corrected chi connectivity index (χ2v) is 7.01. The van der Waals surface area contributed by atoms with Crippen molar-refractivity contribution in [2.45, 2.75) is 26.3 Å². The zero-order valence-corrected chi connectivity index (χ0v) is 14.2. The molecule has 2 atom stereocenters. The van der Waals surface area contributed by atoms with Gasteiger partial charge in [-0.15, -0.1) is 11.3 Å². The molecule has 0 saturated heterocycles. The maximum atomic E-state index is 12.4. The van der Waals surface area contributed by atoms with E-state index in [0.717, 1.165) is 13.0 Å². The maximum absolute atomic E-state index is 12.4. The van der Waals surface area contributed by atoms with Gasteiger partial charge in [0.05, 0.1) is 12.2 Å². The first-order valence-electron chi connectivity index (χ1n) is 7.87. The molecule has 1 aromatic carbocycles. The van der Waals surface area contributed by atoms with Gasteiger partial charge in [0, 0.05) is 22.4 Å². The van der Waals surface area contributed by atoms with Crippen LogP contribution in [0.1, 0.15) is 40.7 Å². The summed E-state index contributed by atoms with van der Waals surface area (Å²) in [7, 11) is 0. The number of benzene rings is 1. The number of quaternary nitrogens is 1. The van der Waals surface area contributed by atoms with Gasteiger partial charge < -0.3 is 10.2 Å². The minimum atomic E-state index is -0.0424. The zero-order valence-electron chi connectivity index (χ0n) is 13.4. The van der Waals surface area contributed by atoms with Gasteiger partial charge in [-0.1, -0.05) is 12.1 Å². The van der Waals surface area contributed by atoms with E-state index in [0.29, 0.717) is 23.8 Å². The average Bonchev–Trinajstić information content (AvgIpc) is 3.00. The molecule has 0 bridgehead atoms. The number of carbonyl (C=O) groups is 2. The Morgan fingerprint density at radius 1 is 1.30 bits per heavy atom. The monoisotopic (exact) mass is 329 g/mol. The van der Waals surface area contributed by atoms with Crippen molar-refractivity contribution in [3.05, 3.63) is 51.7 Å². The third kappa shape index (κ3) is 3.35. The maximum Gasteiger partial charge on any atom is 0.279 e. The summed E-state index contributed by atoms with van der Waals surface area (Å²) >= 11 is 1.81. The van der Waals surface area contributed by atoms with Gasteiger partial charge in [0.25, 0.3) is 5.91 Å². The first kappa shape index (κ1) is 15.9. The van der Waals surface area contributed by atoms with Gasteiger partial charge in [-0.25, -0.2) is 0 Å². The van der Waals surface area contributed by atoms with Crippen molar-refractivity contribution >= 4 is 28.7 Å². The van der Waals surface area contributed by atoms with Gasteiger partial charge in [0.15, 0.2) is 12.3 Å². The molecule has 1 aliphatic heterocycles. The lowest BCUT2D eigenvalue weighted by Gasteiger charge is -2.29. The lowest BCUT2D eigenvalue weighted by molar-refractivity contribution is -0.923. The first-order chi connectivity index (χ1) is 11.1. The molecule has 2 N–H and O–H groups in total. The predicted octanol–water partition coefficient (Wildman–Crippen LogP) is 2.09. The molecule has 0 saturated carbocycles. The molecule has 4 nitrogen and oxygen atoms in total. The number of thiophene rings is 1. The molecule has 0 radical (unpaired) electrons. The van der Waals surface area contributed by atoms with Crippen molar-refractivity contribution in [3.8, 4) is 0 Å². The molecule has 1 amide bonds. The van der Waals surface area contributed by atoms with Crippen molar-refractivity contribution in [2.75, 3.05) is 18.4 Å². The summed E-state index contributed by atoms with van der Waals surface area (Å²) in [5.74, 6) is -0.0817. The van der Waals surface area contributed by atoms with E-state index in [-0.39, 0.29) is 11.7 Å². The minimum Gasteiger partial charge on any atom is -0.321 e. The summed E-state index contributed by atoms with van der Waals surface area (Å²) in [6.45, 7) is 5.08. The Labute approximate surface area is 140 Å². The number of hydrogen-bond acceptors (Lipinski definition) is 3. The summed E-state index contributed by atoms with van der Waals surface area (Å²) < 4.78 is 0. The van der Waals surface area contributed by atoms with Crippen molar-refractivity contribution < 1.29 is 14.5 Å². The quantitative estimate of drug-likeness (QED) is 0.844. The van der Waals surface area contributed by atoms with Gasteiger partial charge in [-0.3, -0.25) is 9.59 Å². The van der Waals surface area contributed by atoms with Crippen LogP contribution in [-0.4, -0.2) is 24.8 Å². The summed E-state index contributed by atoms with van der Waals surface area (Å²) in [5, 5.41) is 5.03. The summed E-state index contributed by atoms with van der Waals surface area (Å²) in [4.78, 5) is 26.8. The number of fused-ring (bicyclic) bond motifs is 1. The third-order valence-electron chi connectivity index (χ3n) is 4.50. The number of ketones is 1. The average molecular weight is 329 g/mol.